The van der Waals surface area contributed by atoms with Crippen molar-refractivity contribution in [3.05, 3.63) is 42.5 Å². The van der Waals surface area contributed by atoms with Crippen LogP contribution >= 0.6 is 0 Å². The Morgan fingerprint density at radius 2 is 1.70 bits per heavy atom. The molecule has 1 atom stereocenters. The van der Waals surface area contributed by atoms with Gasteiger partial charge >= 0.3 is 0 Å². The highest BCUT2D eigenvalue weighted by molar-refractivity contribution is 7.92. The number of carbonyl (C=O) groups excluding carboxylic acids is 2. The lowest BCUT2D eigenvalue weighted by Gasteiger charge is -2.21. The molecule has 1 saturated heterocycles. The third kappa shape index (κ3) is 4.48. The van der Waals surface area contributed by atoms with Gasteiger partial charge < -0.3 is 20.1 Å². The van der Waals surface area contributed by atoms with Crippen LogP contribution in [0.2, 0.25) is 0 Å². The Balaban J connectivity index is 1.41. The number of ether oxygens (including phenoxy) is 2. The van der Waals surface area contributed by atoms with Crippen molar-refractivity contribution in [2.45, 2.75) is 17.7 Å². The maximum absolute atomic E-state index is 12.7. The third-order valence-corrected chi connectivity index (χ3v) is 6.23. The zero-order chi connectivity index (χ0) is 21.1. The Morgan fingerprint density at radius 1 is 1.00 bits per heavy atom. The fraction of sp³-hybridized carbons (Fsp3) is 0.300. The Kier molecular flexibility index (Phi) is 5.49. The molecule has 2 aromatic rings. The number of fused-ring (bicyclic) bond motifs is 1. The zero-order valence-electron chi connectivity index (χ0n) is 16.0. The van der Waals surface area contributed by atoms with E-state index in [0.29, 0.717) is 49.1 Å². The van der Waals surface area contributed by atoms with Crippen LogP contribution in [0.1, 0.15) is 12.8 Å². The average Bonchev–Trinajstić information content (AvgIpc) is 2.74. The number of piperidine rings is 1. The van der Waals surface area contributed by atoms with Gasteiger partial charge in [0.15, 0.2) is 11.5 Å². The topological polar surface area (TPSA) is 123 Å². The van der Waals surface area contributed by atoms with Gasteiger partial charge in [0.1, 0.15) is 13.2 Å². The predicted molar refractivity (Wildman–Crippen MR) is 109 cm³/mol. The third-order valence-electron chi connectivity index (χ3n) is 4.85. The summed E-state index contributed by atoms with van der Waals surface area (Å²) in [6, 6.07) is 10.7. The van der Waals surface area contributed by atoms with Crippen molar-refractivity contribution in [1.82, 2.24) is 5.32 Å². The predicted octanol–water partition coefficient (Wildman–Crippen LogP) is 1.72. The van der Waals surface area contributed by atoms with Gasteiger partial charge in [0.25, 0.3) is 10.0 Å². The lowest BCUT2D eigenvalue weighted by molar-refractivity contribution is -0.129. The first-order chi connectivity index (χ1) is 14.4. The van der Waals surface area contributed by atoms with E-state index in [-0.39, 0.29) is 29.0 Å². The van der Waals surface area contributed by atoms with Crippen LogP contribution < -0.4 is 24.8 Å². The Bertz CT molecular complexity index is 1070. The van der Waals surface area contributed by atoms with Gasteiger partial charge in [0, 0.05) is 36.3 Å². The van der Waals surface area contributed by atoms with Gasteiger partial charge in [0.05, 0.1) is 4.90 Å². The summed E-state index contributed by atoms with van der Waals surface area (Å²) in [5.41, 5.74) is 0.869. The number of benzene rings is 2. The van der Waals surface area contributed by atoms with Crippen LogP contribution in [0, 0.1) is 5.92 Å². The molecule has 0 radical (unpaired) electrons. The van der Waals surface area contributed by atoms with E-state index in [0.717, 1.165) is 0 Å². The van der Waals surface area contributed by atoms with E-state index >= 15 is 0 Å². The van der Waals surface area contributed by atoms with Crippen molar-refractivity contribution in [2.24, 2.45) is 5.92 Å². The molecule has 158 valence electrons. The van der Waals surface area contributed by atoms with Crippen LogP contribution in [0.3, 0.4) is 0 Å². The molecule has 2 heterocycles. The zero-order valence-corrected chi connectivity index (χ0v) is 16.8. The lowest BCUT2D eigenvalue weighted by atomic mass is 9.96. The minimum atomic E-state index is -3.82. The molecule has 1 fully saturated rings. The highest BCUT2D eigenvalue weighted by Crippen LogP contribution is 2.32. The van der Waals surface area contributed by atoms with Gasteiger partial charge in [0.2, 0.25) is 11.8 Å². The number of sulfonamides is 1. The summed E-state index contributed by atoms with van der Waals surface area (Å²) in [5, 5.41) is 5.45. The van der Waals surface area contributed by atoms with Gasteiger partial charge in [-0.15, -0.1) is 0 Å². The van der Waals surface area contributed by atoms with Crippen molar-refractivity contribution < 1.29 is 27.5 Å². The summed E-state index contributed by atoms with van der Waals surface area (Å²) in [4.78, 5) is 23.8. The molecule has 0 aliphatic carbocycles. The second kappa shape index (κ2) is 8.23. The van der Waals surface area contributed by atoms with E-state index in [2.05, 4.69) is 15.4 Å². The molecule has 1 unspecified atom stereocenters. The van der Waals surface area contributed by atoms with E-state index in [1.54, 1.807) is 30.3 Å². The molecule has 0 spiro atoms. The number of rotatable bonds is 5. The molecule has 2 aromatic carbocycles. The van der Waals surface area contributed by atoms with Gasteiger partial charge in [-0.25, -0.2) is 8.42 Å². The molecule has 0 saturated carbocycles. The molecular weight excluding hydrogens is 410 g/mol. The first-order valence-electron chi connectivity index (χ1n) is 9.51. The minimum absolute atomic E-state index is 0.0553. The second-order valence-corrected chi connectivity index (χ2v) is 8.70. The quantitative estimate of drug-likeness (QED) is 0.663. The number of nitrogens with one attached hydrogen (secondary N) is 3. The fourth-order valence-corrected chi connectivity index (χ4v) is 4.35. The molecule has 2 amide bonds. The number of hydrogen-bond donors (Lipinski definition) is 3. The number of amides is 2. The van der Waals surface area contributed by atoms with Crippen molar-refractivity contribution in [3.63, 3.8) is 0 Å². The van der Waals surface area contributed by atoms with E-state index in [9.17, 15) is 18.0 Å². The molecular formula is C20H21N3O6S. The molecule has 9 nitrogen and oxygen atoms in total. The molecule has 0 bridgehead atoms. The summed E-state index contributed by atoms with van der Waals surface area (Å²) < 4.78 is 38.7. The van der Waals surface area contributed by atoms with Crippen LogP contribution in [0.25, 0.3) is 0 Å². The normalized spacial score (nSPS) is 18.3. The molecule has 30 heavy (non-hydrogen) atoms. The average molecular weight is 431 g/mol. The lowest BCUT2D eigenvalue weighted by Crippen LogP contribution is -2.38. The first-order valence-corrected chi connectivity index (χ1v) is 11.0. The summed E-state index contributed by atoms with van der Waals surface area (Å²) >= 11 is 0. The van der Waals surface area contributed by atoms with Gasteiger partial charge in [-0.1, -0.05) is 0 Å². The van der Waals surface area contributed by atoms with Crippen molar-refractivity contribution in [1.29, 1.82) is 0 Å². The van der Waals surface area contributed by atoms with Crippen LogP contribution in [0.15, 0.2) is 47.4 Å². The Hall–Kier alpha value is -3.27. The second-order valence-electron chi connectivity index (χ2n) is 7.02. The molecule has 3 N–H and O–H groups in total. The standard InChI is InChI=1S/C20H21N3O6S/c24-19-11-13(7-8-21-19)20(25)22-14-1-3-15(4-2-14)23-30(26,27)16-5-6-17-18(12-16)29-10-9-28-17/h1-6,12-13,23H,7-11H2,(H,21,24)(H,22,25). The fourth-order valence-electron chi connectivity index (χ4n) is 3.28. The van der Waals surface area contributed by atoms with Gasteiger partial charge in [-0.3, -0.25) is 14.3 Å². The van der Waals surface area contributed by atoms with Crippen LogP contribution in [0.5, 0.6) is 11.5 Å². The summed E-state index contributed by atoms with van der Waals surface area (Å²) in [6.07, 6.45) is 0.754. The highest BCUT2D eigenvalue weighted by Gasteiger charge is 2.25. The maximum atomic E-state index is 12.7. The van der Waals surface area contributed by atoms with E-state index < -0.39 is 10.0 Å². The largest absolute Gasteiger partial charge is 0.486 e. The van der Waals surface area contributed by atoms with Crippen molar-refractivity contribution in [3.8, 4) is 11.5 Å². The van der Waals surface area contributed by atoms with E-state index in [1.807, 2.05) is 0 Å². The number of anilines is 2. The minimum Gasteiger partial charge on any atom is -0.486 e. The summed E-state index contributed by atoms with van der Waals surface area (Å²) in [5.74, 6) is 0.168. The number of hydrogen-bond acceptors (Lipinski definition) is 6. The Labute approximate surface area is 173 Å². The van der Waals surface area contributed by atoms with Crippen molar-refractivity contribution in [2.75, 3.05) is 29.8 Å². The summed E-state index contributed by atoms with van der Waals surface area (Å²) in [7, 11) is -3.82. The molecule has 2 aliphatic heterocycles. The van der Waals surface area contributed by atoms with E-state index in [4.69, 9.17) is 9.47 Å². The first kappa shape index (κ1) is 20.0. The highest BCUT2D eigenvalue weighted by atomic mass is 32.2. The smallest absolute Gasteiger partial charge is 0.262 e. The summed E-state index contributed by atoms with van der Waals surface area (Å²) in [6.45, 7) is 1.27. The van der Waals surface area contributed by atoms with Crippen LogP contribution in [-0.4, -0.2) is 40.0 Å². The number of carbonyl (C=O) groups is 2. The SMILES string of the molecule is O=C1CC(C(=O)Nc2ccc(NS(=O)(=O)c3ccc4c(c3)OCCO4)cc2)CCN1. The monoisotopic (exact) mass is 431 g/mol. The maximum Gasteiger partial charge on any atom is 0.262 e. The molecule has 10 heteroatoms. The van der Waals surface area contributed by atoms with E-state index in [1.165, 1.54) is 12.1 Å². The molecule has 2 aliphatic rings. The molecule has 0 aromatic heterocycles. The van der Waals surface area contributed by atoms with Crippen molar-refractivity contribution >= 4 is 33.2 Å². The van der Waals surface area contributed by atoms with Crippen LogP contribution in [-0.2, 0) is 19.6 Å². The van der Waals surface area contributed by atoms with Crippen LogP contribution in [0.4, 0.5) is 11.4 Å². The molecule has 4 rings (SSSR count). The Morgan fingerprint density at radius 3 is 2.43 bits per heavy atom. The van der Waals surface area contributed by atoms with Gasteiger partial charge in [-0.05, 0) is 42.8 Å². The van der Waals surface area contributed by atoms with Gasteiger partial charge in [-0.2, -0.15) is 0 Å².